The number of anilines is 1. The first-order chi connectivity index (χ1) is 15.8. The maximum atomic E-state index is 12.1. The van der Waals surface area contributed by atoms with Gasteiger partial charge in [0, 0.05) is 20.8 Å². The Bertz CT molecular complexity index is 1140. The Balaban J connectivity index is 2.01. The molecule has 0 aliphatic heterocycles. The first-order valence-corrected chi connectivity index (χ1v) is 10.2. The van der Waals surface area contributed by atoms with Crippen molar-refractivity contribution in [3.8, 4) is 5.69 Å². The van der Waals surface area contributed by atoms with E-state index in [0.717, 1.165) is 0 Å². The van der Waals surface area contributed by atoms with E-state index in [0.29, 0.717) is 22.8 Å². The van der Waals surface area contributed by atoms with Crippen LogP contribution in [0.4, 0.5) is 5.69 Å². The molecule has 3 rings (SSSR count). The van der Waals surface area contributed by atoms with E-state index in [1.54, 1.807) is 22.9 Å². The Hall–Kier alpha value is -4.27. The summed E-state index contributed by atoms with van der Waals surface area (Å²) in [6.45, 7) is 3.79. The van der Waals surface area contributed by atoms with Gasteiger partial charge in [0.1, 0.15) is 12.3 Å². The molecule has 1 amide bonds. The fourth-order valence-electron chi connectivity index (χ4n) is 3.07. The van der Waals surface area contributed by atoms with Gasteiger partial charge in [-0.05, 0) is 30.3 Å². The molecule has 0 aliphatic rings. The monoisotopic (exact) mass is 448 g/mol. The van der Waals surface area contributed by atoms with Crippen LogP contribution in [-0.2, 0) is 23.9 Å². The molecule has 170 valence electrons. The number of rotatable bonds is 8. The second kappa shape index (κ2) is 10.9. The van der Waals surface area contributed by atoms with Crippen LogP contribution in [0.2, 0.25) is 0 Å². The fourth-order valence-corrected chi connectivity index (χ4v) is 3.07. The molecule has 33 heavy (non-hydrogen) atoms. The van der Waals surface area contributed by atoms with Gasteiger partial charge in [-0.15, -0.1) is 0 Å². The molecule has 1 atom stereocenters. The normalized spacial score (nSPS) is 11.7. The molecule has 0 saturated carbocycles. The summed E-state index contributed by atoms with van der Waals surface area (Å²) in [7, 11) is 0. The Morgan fingerprint density at radius 1 is 1.00 bits per heavy atom. The zero-order valence-electron chi connectivity index (χ0n) is 18.5. The van der Waals surface area contributed by atoms with E-state index in [1.165, 1.54) is 32.0 Å². The van der Waals surface area contributed by atoms with Gasteiger partial charge in [-0.25, -0.2) is 9.69 Å². The lowest BCUT2D eigenvalue weighted by Gasteiger charge is -2.18. The molecule has 0 spiro atoms. The molecule has 2 aromatic carbocycles. The number of amides is 1. The van der Waals surface area contributed by atoms with Crippen LogP contribution in [0.5, 0.6) is 0 Å². The third-order valence-corrected chi connectivity index (χ3v) is 4.44. The van der Waals surface area contributed by atoms with E-state index in [2.05, 4.69) is 10.2 Å². The number of hydrogen-bond donors (Lipinski definition) is 0. The van der Waals surface area contributed by atoms with Crippen molar-refractivity contribution < 1.29 is 23.9 Å². The molecule has 0 unspecified atom stereocenters. The van der Waals surface area contributed by atoms with E-state index >= 15 is 0 Å². The topological polar surface area (TPSA) is 103 Å². The van der Waals surface area contributed by atoms with Gasteiger partial charge in [-0.1, -0.05) is 36.4 Å². The lowest BCUT2D eigenvalue weighted by atomic mass is 10.2. The van der Waals surface area contributed by atoms with Crippen molar-refractivity contribution in [1.29, 1.82) is 0 Å². The number of benzene rings is 2. The highest BCUT2D eigenvalue weighted by Gasteiger charge is 2.23. The predicted octanol–water partition coefficient (Wildman–Crippen LogP) is 3.43. The molecule has 0 radical (unpaired) electrons. The summed E-state index contributed by atoms with van der Waals surface area (Å²) in [5.41, 5.74) is 2.21. The lowest BCUT2D eigenvalue weighted by molar-refractivity contribution is -0.157. The molecule has 0 fully saturated rings. The van der Waals surface area contributed by atoms with E-state index in [1.807, 2.05) is 48.5 Å². The molecule has 0 saturated heterocycles. The molecule has 0 aliphatic carbocycles. The van der Waals surface area contributed by atoms with Gasteiger partial charge in [0.15, 0.2) is 6.10 Å². The minimum atomic E-state index is -0.890. The van der Waals surface area contributed by atoms with E-state index in [-0.39, 0.29) is 12.5 Å². The molecular weight excluding hydrogens is 424 g/mol. The number of para-hydroxylation sites is 2. The van der Waals surface area contributed by atoms with Crippen molar-refractivity contribution in [2.24, 2.45) is 5.10 Å². The lowest BCUT2D eigenvalue weighted by Crippen LogP contribution is -2.22. The van der Waals surface area contributed by atoms with Crippen LogP contribution >= 0.6 is 0 Å². The van der Waals surface area contributed by atoms with Crippen molar-refractivity contribution >= 4 is 29.7 Å². The summed E-state index contributed by atoms with van der Waals surface area (Å²) >= 11 is 0. The van der Waals surface area contributed by atoms with E-state index in [4.69, 9.17) is 9.47 Å². The minimum Gasteiger partial charge on any atom is -0.461 e. The number of esters is 2. The maximum Gasteiger partial charge on any atom is 0.303 e. The Morgan fingerprint density at radius 2 is 1.64 bits per heavy atom. The third-order valence-electron chi connectivity index (χ3n) is 4.44. The summed E-state index contributed by atoms with van der Waals surface area (Å²) in [6.07, 6.45) is 0.549. The maximum absolute atomic E-state index is 12.1. The number of ether oxygens (including phenoxy) is 2. The highest BCUT2D eigenvalue weighted by atomic mass is 16.6. The van der Waals surface area contributed by atoms with Crippen LogP contribution in [-0.4, -0.2) is 40.4 Å². The molecule has 1 heterocycles. The zero-order valence-corrected chi connectivity index (χ0v) is 18.5. The van der Waals surface area contributed by atoms with Crippen LogP contribution in [0, 0.1) is 0 Å². The average molecular weight is 448 g/mol. The third kappa shape index (κ3) is 6.36. The van der Waals surface area contributed by atoms with Gasteiger partial charge in [0.25, 0.3) is 0 Å². The zero-order chi connectivity index (χ0) is 23.8. The van der Waals surface area contributed by atoms with Gasteiger partial charge in [0.2, 0.25) is 5.91 Å². The van der Waals surface area contributed by atoms with Crippen LogP contribution in [0.25, 0.3) is 5.69 Å². The van der Waals surface area contributed by atoms with Gasteiger partial charge < -0.3 is 9.47 Å². The summed E-state index contributed by atoms with van der Waals surface area (Å²) in [4.78, 5) is 35.2. The highest BCUT2D eigenvalue weighted by molar-refractivity contribution is 5.93. The first kappa shape index (κ1) is 23.4. The van der Waals surface area contributed by atoms with E-state index < -0.39 is 18.0 Å². The van der Waals surface area contributed by atoms with Gasteiger partial charge in [-0.2, -0.15) is 10.2 Å². The molecule has 9 heteroatoms. The average Bonchev–Trinajstić information content (AvgIpc) is 3.22. The standard InChI is InChI=1S/C24H24N4O5/c1-17(29)27(21-10-6-4-7-11-21)25-15-20-14-23(24(33-19(3)31)16-32-18(2)30)28(26-20)22-12-8-5-9-13-22/h4-15,24H,16H2,1-3H3/b25-15+/t24-/m1/s1. The number of carbonyl (C=O) groups is 3. The molecule has 1 aromatic heterocycles. The predicted molar refractivity (Wildman–Crippen MR) is 122 cm³/mol. The molecular formula is C24H24N4O5. The van der Waals surface area contributed by atoms with Crippen molar-refractivity contribution in [3.05, 3.63) is 78.1 Å². The summed E-state index contributed by atoms with van der Waals surface area (Å²) < 4.78 is 12.1. The quantitative estimate of drug-likeness (QED) is 0.297. The van der Waals surface area contributed by atoms with Crippen molar-refractivity contribution in [3.63, 3.8) is 0 Å². The largest absolute Gasteiger partial charge is 0.461 e. The molecule has 0 N–H and O–H groups in total. The van der Waals surface area contributed by atoms with Crippen LogP contribution in [0.15, 0.2) is 71.8 Å². The number of aromatic nitrogens is 2. The molecule has 9 nitrogen and oxygen atoms in total. The smallest absolute Gasteiger partial charge is 0.303 e. The number of hydrogen-bond acceptors (Lipinski definition) is 7. The number of hydrazone groups is 1. The fraction of sp³-hybridized carbons (Fsp3) is 0.208. The van der Waals surface area contributed by atoms with Crippen LogP contribution in [0.1, 0.15) is 38.3 Å². The highest BCUT2D eigenvalue weighted by Crippen LogP contribution is 2.23. The number of carbonyl (C=O) groups excluding carboxylic acids is 3. The van der Waals surface area contributed by atoms with E-state index in [9.17, 15) is 14.4 Å². The van der Waals surface area contributed by atoms with Gasteiger partial charge >= 0.3 is 11.9 Å². The minimum absolute atomic E-state index is 0.173. The Labute approximate surface area is 191 Å². The Morgan fingerprint density at radius 3 is 2.21 bits per heavy atom. The summed E-state index contributed by atoms with van der Waals surface area (Å²) in [6, 6.07) is 19.9. The van der Waals surface area contributed by atoms with Crippen LogP contribution in [0.3, 0.4) is 0 Å². The molecule has 0 bridgehead atoms. The number of nitrogens with zero attached hydrogens (tertiary/aromatic N) is 4. The van der Waals surface area contributed by atoms with Gasteiger partial charge in [0.05, 0.1) is 23.3 Å². The summed E-state index contributed by atoms with van der Waals surface area (Å²) in [5.74, 6) is -1.30. The second-order valence-electron chi connectivity index (χ2n) is 7.05. The Kier molecular flexibility index (Phi) is 7.69. The van der Waals surface area contributed by atoms with Crippen molar-refractivity contribution in [2.45, 2.75) is 26.9 Å². The van der Waals surface area contributed by atoms with Crippen LogP contribution < -0.4 is 5.01 Å². The van der Waals surface area contributed by atoms with Crippen molar-refractivity contribution in [2.75, 3.05) is 11.6 Å². The first-order valence-electron chi connectivity index (χ1n) is 10.2. The SMILES string of the molecule is CC(=O)OC[C@@H](OC(C)=O)c1cc(/C=N/N(C(C)=O)c2ccccc2)nn1-c1ccccc1. The summed E-state index contributed by atoms with van der Waals surface area (Å²) in [5, 5.41) is 10.1. The molecule has 3 aromatic rings. The van der Waals surface area contributed by atoms with Crippen molar-refractivity contribution in [1.82, 2.24) is 9.78 Å². The second-order valence-corrected chi connectivity index (χ2v) is 7.05. The van der Waals surface area contributed by atoms with Gasteiger partial charge in [-0.3, -0.25) is 14.4 Å².